The molecule has 122 valence electrons. The second-order valence-corrected chi connectivity index (χ2v) is 6.49. The van der Waals surface area contributed by atoms with E-state index in [4.69, 9.17) is 0 Å². The van der Waals surface area contributed by atoms with Crippen molar-refractivity contribution in [2.75, 3.05) is 20.1 Å². The fourth-order valence-corrected chi connectivity index (χ4v) is 3.62. The van der Waals surface area contributed by atoms with Gasteiger partial charge in [0.2, 0.25) is 5.91 Å². The topological polar surface area (TPSA) is 32.3 Å². The molecule has 2 aliphatic rings. The lowest BCUT2D eigenvalue weighted by Gasteiger charge is -2.40. The van der Waals surface area contributed by atoms with Gasteiger partial charge in [-0.25, -0.2) is 0 Å². The van der Waals surface area contributed by atoms with Crippen molar-refractivity contribution in [3.63, 3.8) is 0 Å². The first kappa shape index (κ1) is 16.6. The lowest BCUT2D eigenvalue weighted by atomic mass is 9.79. The van der Waals surface area contributed by atoms with Crippen molar-refractivity contribution in [2.24, 2.45) is 5.92 Å². The number of hydrogen-bond donors (Lipinski definition) is 1. The van der Waals surface area contributed by atoms with Gasteiger partial charge in [0, 0.05) is 25.0 Å². The first-order valence-electron chi connectivity index (χ1n) is 7.90. The Morgan fingerprint density at radius 3 is 2.48 bits per heavy atom. The Kier molecular flexibility index (Phi) is 5.17. The van der Waals surface area contributed by atoms with Gasteiger partial charge in [-0.05, 0) is 32.7 Å². The molecule has 21 heavy (non-hydrogen) atoms. The molecule has 1 heterocycles. The Morgan fingerprint density at radius 1 is 1.24 bits per heavy atom. The van der Waals surface area contributed by atoms with Gasteiger partial charge in [0.15, 0.2) is 0 Å². The minimum Gasteiger partial charge on any atom is -0.342 e. The average molecular weight is 306 g/mol. The van der Waals surface area contributed by atoms with Crippen LogP contribution in [0.25, 0.3) is 0 Å². The van der Waals surface area contributed by atoms with Crippen molar-refractivity contribution in [3.8, 4) is 0 Å². The van der Waals surface area contributed by atoms with E-state index in [1.165, 1.54) is 11.3 Å². The first-order chi connectivity index (χ1) is 9.86. The van der Waals surface area contributed by atoms with Crippen molar-refractivity contribution in [3.05, 3.63) is 0 Å². The molecule has 0 aromatic rings. The zero-order valence-electron chi connectivity index (χ0n) is 12.6. The van der Waals surface area contributed by atoms with Crippen LogP contribution in [0.5, 0.6) is 0 Å². The Labute approximate surface area is 124 Å². The van der Waals surface area contributed by atoms with E-state index in [2.05, 4.69) is 5.32 Å². The van der Waals surface area contributed by atoms with E-state index < -0.39 is 12.1 Å². The third-order valence-electron chi connectivity index (χ3n) is 5.07. The molecule has 0 aromatic heterocycles. The highest BCUT2D eigenvalue weighted by atomic mass is 19.4. The molecular weight excluding hydrogens is 281 g/mol. The number of amides is 1. The third kappa shape index (κ3) is 4.11. The second kappa shape index (κ2) is 6.55. The highest BCUT2D eigenvalue weighted by Gasteiger charge is 2.43. The van der Waals surface area contributed by atoms with Gasteiger partial charge >= 0.3 is 6.18 Å². The molecule has 6 heteroatoms. The van der Waals surface area contributed by atoms with Crippen LogP contribution in [-0.4, -0.2) is 42.7 Å². The standard InChI is InChI=1S/C15H25F3N2O/c1-19-14(7-3-2-4-8-14)10-13(21)20-9-5-6-12(11-20)15(16,17)18/h12,19H,2-11H2,1H3. The minimum absolute atomic E-state index is 0.125. The maximum absolute atomic E-state index is 12.8. The molecule has 1 amide bonds. The lowest BCUT2D eigenvalue weighted by Crippen LogP contribution is -2.51. The van der Waals surface area contributed by atoms with Gasteiger partial charge in [-0.15, -0.1) is 0 Å². The number of hydrogen-bond acceptors (Lipinski definition) is 2. The van der Waals surface area contributed by atoms with Gasteiger partial charge in [-0.1, -0.05) is 19.3 Å². The normalized spacial score (nSPS) is 26.7. The molecule has 1 aliphatic heterocycles. The molecule has 0 spiro atoms. The molecular formula is C15H25F3N2O. The van der Waals surface area contributed by atoms with E-state index in [1.807, 2.05) is 7.05 Å². The number of nitrogens with one attached hydrogen (secondary N) is 1. The maximum Gasteiger partial charge on any atom is 0.393 e. The van der Waals surface area contributed by atoms with Crippen LogP contribution in [-0.2, 0) is 4.79 Å². The van der Waals surface area contributed by atoms with Crippen LogP contribution in [0.3, 0.4) is 0 Å². The summed E-state index contributed by atoms with van der Waals surface area (Å²) in [5.74, 6) is -1.48. The molecule has 2 rings (SSSR count). The first-order valence-corrected chi connectivity index (χ1v) is 7.90. The van der Waals surface area contributed by atoms with E-state index in [9.17, 15) is 18.0 Å². The third-order valence-corrected chi connectivity index (χ3v) is 5.07. The van der Waals surface area contributed by atoms with Crippen LogP contribution in [0.15, 0.2) is 0 Å². The number of nitrogens with zero attached hydrogens (tertiary/aromatic N) is 1. The smallest absolute Gasteiger partial charge is 0.342 e. The summed E-state index contributed by atoms with van der Waals surface area (Å²) in [5.41, 5.74) is -0.208. The molecule has 3 nitrogen and oxygen atoms in total. The molecule has 1 N–H and O–H groups in total. The number of alkyl halides is 3. The zero-order chi connectivity index (χ0) is 15.5. The quantitative estimate of drug-likeness (QED) is 0.869. The van der Waals surface area contributed by atoms with Crippen molar-refractivity contribution in [1.82, 2.24) is 10.2 Å². The molecule has 1 atom stereocenters. The maximum atomic E-state index is 12.8. The van der Waals surface area contributed by atoms with Gasteiger partial charge in [-0.3, -0.25) is 4.79 Å². The van der Waals surface area contributed by atoms with Gasteiger partial charge in [0.25, 0.3) is 0 Å². The molecule has 1 saturated carbocycles. The van der Waals surface area contributed by atoms with Crippen molar-refractivity contribution >= 4 is 5.91 Å². The minimum atomic E-state index is -4.19. The van der Waals surface area contributed by atoms with Gasteiger partial charge in [0.05, 0.1) is 5.92 Å². The Balaban J connectivity index is 1.96. The van der Waals surface area contributed by atoms with Gasteiger partial charge in [-0.2, -0.15) is 13.2 Å². The van der Waals surface area contributed by atoms with Crippen molar-refractivity contribution < 1.29 is 18.0 Å². The second-order valence-electron chi connectivity index (χ2n) is 6.49. The Bertz CT molecular complexity index is 364. The molecule has 1 unspecified atom stereocenters. The summed E-state index contributed by atoms with van der Waals surface area (Å²) < 4.78 is 38.5. The molecule has 0 radical (unpaired) electrons. The van der Waals surface area contributed by atoms with Crippen LogP contribution < -0.4 is 5.32 Å². The van der Waals surface area contributed by atoms with Crippen LogP contribution in [0.2, 0.25) is 0 Å². The molecule has 0 bridgehead atoms. The van der Waals surface area contributed by atoms with E-state index in [-0.39, 0.29) is 24.4 Å². The highest BCUT2D eigenvalue weighted by molar-refractivity contribution is 5.77. The molecule has 0 aromatic carbocycles. The summed E-state index contributed by atoms with van der Waals surface area (Å²) in [6.07, 6.45) is 1.94. The van der Waals surface area contributed by atoms with Crippen molar-refractivity contribution in [1.29, 1.82) is 0 Å². The van der Waals surface area contributed by atoms with Crippen molar-refractivity contribution in [2.45, 2.75) is 63.1 Å². The fraction of sp³-hybridized carbons (Fsp3) is 0.933. The largest absolute Gasteiger partial charge is 0.393 e. The van der Waals surface area contributed by atoms with E-state index in [0.29, 0.717) is 19.4 Å². The van der Waals surface area contributed by atoms with Crippen LogP contribution in [0.4, 0.5) is 13.2 Å². The Hall–Kier alpha value is -0.780. The average Bonchev–Trinajstić information content (AvgIpc) is 2.47. The number of halogens is 3. The van der Waals surface area contributed by atoms with E-state index in [0.717, 1.165) is 25.7 Å². The number of likely N-dealkylation sites (tertiary alicyclic amines) is 1. The number of carbonyl (C=O) groups excluding carboxylic acids is 1. The van der Waals surface area contributed by atoms with Gasteiger partial charge < -0.3 is 10.2 Å². The number of rotatable bonds is 3. The summed E-state index contributed by atoms with van der Waals surface area (Å²) in [6, 6.07) is 0. The van der Waals surface area contributed by atoms with Gasteiger partial charge in [0.1, 0.15) is 0 Å². The SMILES string of the molecule is CNC1(CC(=O)N2CCCC(C(F)(F)F)C2)CCCCC1. The summed E-state index contributed by atoms with van der Waals surface area (Å²) in [7, 11) is 1.85. The fourth-order valence-electron chi connectivity index (χ4n) is 3.62. The Morgan fingerprint density at radius 2 is 1.90 bits per heavy atom. The molecule has 1 saturated heterocycles. The molecule has 1 aliphatic carbocycles. The number of carbonyl (C=O) groups is 1. The predicted octanol–water partition coefficient (Wildman–Crippen LogP) is 3.10. The zero-order valence-corrected chi connectivity index (χ0v) is 12.6. The summed E-state index contributed by atoms with van der Waals surface area (Å²) in [6.45, 7) is 0.299. The summed E-state index contributed by atoms with van der Waals surface area (Å²) in [4.78, 5) is 13.8. The molecule has 2 fully saturated rings. The van der Waals surface area contributed by atoms with Crippen LogP contribution >= 0.6 is 0 Å². The predicted molar refractivity (Wildman–Crippen MR) is 74.9 cm³/mol. The van der Waals surface area contributed by atoms with E-state index in [1.54, 1.807) is 0 Å². The lowest BCUT2D eigenvalue weighted by molar-refractivity contribution is -0.188. The monoisotopic (exact) mass is 306 g/mol. The highest BCUT2D eigenvalue weighted by Crippen LogP contribution is 2.35. The number of piperidine rings is 1. The summed E-state index contributed by atoms with van der Waals surface area (Å²) in [5, 5.41) is 3.26. The summed E-state index contributed by atoms with van der Waals surface area (Å²) >= 11 is 0. The van der Waals surface area contributed by atoms with Crippen LogP contribution in [0.1, 0.15) is 51.4 Å². The van der Waals surface area contributed by atoms with Crippen LogP contribution in [0, 0.1) is 5.92 Å². The van der Waals surface area contributed by atoms with E-state index >= 15 is 0 Å².